The molecule has 3 aliphatic rings. The maximum absolute atomic E-state index is 12.2. The summed E-state index contributed by atoms with van der Waals surface area (Å²) in [5.74, 6) is 3.17. The zero-order chi connectivity index (χ0) is 12.2. The van der Waals surface area contributed by atoms with Crippen LogP contribution in [0.3, 0.4) is 0 Å². The SMILES string of the molecule is COC1=CC(=O)[C@H]2[C@@H](C1)[C@H]1CC[C@H]2C1=C(C)C. The number of ether oxygens (including phenoxy) is 1. The zero-order valence-corrected chi connectivity index (χ0v) is 10.8. The molecule has 0 aliphatic heterocycles. The lowest BCUT2D eigenvalue weighted by molar-refractivity contribution is -0.122. The van der Waals surface area contributed by atoms with Gasteiger partial charge in [-0.05, 0) is 44.4 Å². The molecule has 0 aromatic rings. The number of methoxy groups -OCH3 is 1. The zero-order valence-electron chi connectivity index (χ0n) is 10.8. The largest absolute Gasteiger partial charge is 0.501 e. The van der Waals surface area contributed by atoms with Crippen LogP contribution in [0.15, 0.2) is 23.0 Å². The molecule has 0 heterocycles. The van der Waals surface area contributed by atoms with Crippen molar-refractivity contribution in [3.05, 3.63) is 23.0 Å². The van der Waals surface area contributed by atoms with Crippen molar-refractivity contribution in [3.8, 4) is 0 Å². The average molecular weight is 232 g/mol. The Morgan fingerprint density at radius 1 is 1.29 bits per heavy atom. The van der Waals surface area contributed by atoms with E-state index in [2.05, 4.69) is 13.8 Å². The van der Waals surface area contributed by atoms with E-state index in [9.17, 15) is 4.79 Å². The monoisotopic (exact) mass is 232 g/mol. The van der Waals surface area contributed by atoms with Gasteiger partial charge in [-0.15, -0.1) is 0 Å². The van der Waals surface area contributed by atoms with Gasteiger partial charge >= 0.3 is 0 Å². The van der Waals surface area contributed by atoms with Gasteiger partial charge in [0.1, 0.15) is 0 Å². The fourth-order valence-corrected chi connectivity index (χ4v) is 4.42. The lowest BCUT2D eigenvalue weighted by atomic mass is 9.72. The Labute approximate surface area is 103 Å². The van der Waals surface area contributed by atoms with Gasteiger partial charge in [-0.1, -0.05) is 11.1 Å². The molecule has 2 nitrogen and oxygen atoms in total. The number of fused-ring (bicyclic) bond motifs is 5. The number of hydrogen-bond acceptors (Lipinski definition) is 2. The van der Waals surface area contributed by atoms with E-state index in [1.807, 2.05) is 0 Å². The summed E-state index contributed by atoms with van der Waals surface area (Å²) in [6.07, 6.45) is 5.19. The van der Waals surface area contributed by atoms with Gasteiger partial charge in [-0.3, -0.25) is 4.79 Å². The molecule has 17 heavy (non-hydrogen) atoms. The predicted octanol–water partition coefficient (Wildman–Crippen LogP) is 3.10. The standard InChI is InChI=1S/C15H20O2/c1-8(2)14-10-4-5-11(14)15-12(10)6-9(17-3)7-13(15)16/h7,10-12,15H,4-6H2,1-3H3/t10-,11+,12+,15-/m1/s1. The molecule has 92 valence electrons. The normalized spacial score (nSPS) is 39.1. The van der Waals surface area contributed by atoms with E-state index >= 15 is 0 Å². The molecule has 2 saturated carbocycles. The van der Waals surface area contributed by atoms with Crippen molar-refractivity contribution in [2.75, 3.05) is 7.11 Å². The topological polar surface area (TPSA) is 26.3 Å². The van der Waals surface area contributed by atoms with E-state index in [-0.39, 0.29) is 5.92 Å². The molecular weight excluding hydrogens is 212 g/mol. The fraction of sp³-hybridized carbons (Fsp3) is 0.667. The Morgan fingerprint density at radius 3 is 2.65 bits per heavy atom. The third-order valence-electron chi connectivity index (χ3n) is 4.91. The third-order valence-corrected chi connectivity index (χ3v) is 4.91. The van der Waals surface area contributed by atoms with Gasteiger partial charge in [0.05, 0.1) is 12.9 Å². The van der Waals surface area contributed by atoms with E-state index < -0.39 is 0 Å². The summed E-state index contributed by atoms with van der Waals surface area (Å²) in [5, 5.41) is 0. The van der Waals surface area contributed by atoms with Gasteiger partial charge in [0.2, 0.25) is 0 Å². The van der Waals surface area contributed by atoms with Gasteiger partial charge in [-0.25, -0.2) is 0 Å². The highest BCUT2D eigenvalue weighted by Gasteiger charge is 2.55. The van der Waals surface area contributed by atoms with Crippen molar-refractivity contribution < 1.29 is 9.53 Å². The van der Waals surface area contributed by atoms with Gasteiger partial charge in [-0.2, -0.15) is 0 Å². The van der Waals surface area contributed by atoms with Crippen molar-refractivity contribution in [3.63, 3.8) is 0 Å². The second-order valence-corrected chi connectivity index (χ2v) is 5.86. The molecule has 0 aromatic carbocycles. The van der Waals surface area contributed by atoms with Crippen LogP contribution in [0.25, 0.3) is 0 Å². The van der Waals surface area contributed by atoms with Crippen molar-refractivity contribution >= 4 is 5.78 Å². The second-order valence-electron chi connectivity index (χ2n) is 5.86. The quantitative estimate of drug-likeness (QED) is 0.649. The Morgan fingerprint density at radius 2 is 2.00 bits per heavy atom. The van der Waals surface area contributed by atoms with Gasteiger partial charge in [0, 0.05) is 18.4 Å². The summed E-state index contributed by atoms with van der Waals surface area (Å²) in [6.45, 7) is 4.40. The van der Waals surface area contributed by atoms with Crippen molar-refractivity contribution in [1.82, 2.24) is 0 Å². The Balaban J connectivity index is 2.00. The second kappa shape index (κ2) is 3.72. The highest BCUT2D eigenvalue weighted by Crippen LogP contribution is 2.59. The molecule has 0 radical (unpaired) electrons. The van der Waals surface area contributed by atoms with E-state index in [0.717, 1.165) is 12.2 Å². The maximum Gasteiger partial charge on any atom is 0.163 e. The molecule has 0 spiro atoms. The molecule has 3 aliphatic carbocycles. The minimum atomic E-state index is 0.262. The van der Waals surface area contributed by atoms with Crippen molar-refractivity contribution in [2.24, 2.45) is 23.7 Å². The number of hydrogen-bond donors (Lipinski definition) is 0. The summed E-state index contributed by atoms with van der Waals surface area (Å²) in [7, 11) is 1.68. The van der Waals surface area contributed by atoms with E-state index in [1.54, 1.807) is 18.8 Å². The molecule has 2 heteroatoms. The van der Waals surface area contributed by atoms with Crippen LogP contribution in [0.5, 0.6) is 0 Å². The molecule has 4 atom stereocenters. The summed E-state index contributed by atoms with van der Waals surface area (Å²) >= 11 is 0. The highest BCUT2D eigenvalue weighted by atomic mass is 16.5. The van der Waals surface area contributed by atoms with Crippen molar-refractivity contribution in [2.45, 2.75) is 33.1 Å². The van der Waals surface area contributed by atoms with Gasteiger partial charge < -0.3 is 4.74 Å². The Kier molecular flexibility index (Phi) is 2.42. The smallest absolute Gasteiger partial charge is 0.163 e. The lowest BCUT2D eigenvalue weighted by Crippen LogP contribution is -2.32. The molecule has 0 N–H and O–H groups in total. The average Bonchev–Trinajstić information content (AvgIpc) is 2.84. The van der Waals surface area contributed by atoms with Gasteiger partial charge in [0.25, 0.3) is 0 Å². The molecule has 0 amide bonds. The molecule has 0 unspecified atom stereocenters. The third kappa shape index (κ3) is 1.42. The van der Waals surface area contributed by atoms with E-state index in [4.69, 9.17) is 4.74 Å². The first-order chi connectivity index (χ1) is 8.13. The number of ketones is 1. The van der Waals surface area contributed by atoms with Crippen LogP contribution < -0.4 is 0 Å². The summed E-state index contributed by atoms with van der Waals surface area (Å²) in [5.41, 5.74) is 3.04. The molecular formula is C15H20O2. The van der Waals surface area contributed by atoms with Gasteiger partial charge in [0.15, 0.2) is 5.78 Å². The molecule has 2 bridgehead atoms. The first-order valence-electron chi connectivity index (χ1n) is 6.59. The minimum Gasteiger partial charge on any atom is -0.501 e. The molecule has 3 rings (SSSR count). The van der Waals surface area contributed by atoms with Crippen LogP contribution in [0, 0.1) is 23.7 Å². The summed E-state index contributed by atoms with van der Waals surface area (Å²) in [4.78, 5) is 12.2. The minimum absolute atomic E-state index is 0.262. The fourth-order valence-electron chi connectivity index (χ4n) is 4.42. The number of allylic oxidation sites excluding steroid dienone is 4. The summed E-state index contributed by atoms with van der Waals surface area (Å²) in [6, 6.07) is 0. The first-order valence-corrected chi connectivity index (χ1v) is 6.59. The summed E-state index contributed by atoms with van der Waals surface area (Å²) < 4.78 is 5.30. The van der Waals surface area contributed by atoms with Crippen LogP contribution in [0.1, 0.15) is 33.1 Å². The van der Waals surface area contributed by atoms with E-state index in [1.165, 1.54) is 18.4 Å². The number of rotatable bonds is 1. The molecule has 2 fully saturated rings. The Hall–Kier alpha value is -1.05. The molecule has 0 saturated heterocycles. The van der Waals surface area contributed by atoms with Crippen LogP contribution in [0.2, 0.25) is 0 Å². The lowest BCUT2D eigenvalue weighted by Gasteiger charge is -2.32. The highest BCUT2D eigenvalue weighted by molar-refractivity contribution is 5.94. The van der Waals surface area contributed by atoms with E-state index in [0.29, 0.717) is 23.5 Å². The van der Waals surface area contributed by atoms with Crippen molar-refractivity contribution in [1.29, 1.82) is 0 Å². The number of carbonyl (C=O) groups is 1. The molecule has 0 aromatic heterocycles. The predicted molar refractivity (Wildman–Crippen MR) is 66.3 cm³/mol. The number of carbonyl (C=O) groups excluding carboxylic acids is 1. The van der Waals surface area contributed by atoms with Crippen LogP contribution >= 0.6 is 0 Å². The van der Waals surface area contributed by atoms with Crippen LogP contribution in [-0.4, -0.2) is 12.9 Å². The van der Waals surface area contributed by atoms with Crippen LogP contribution in [0.4, 0.5) is 0 Å². The van der Waals surface area contributed by atoms with Crippen LogP contribution in [-0.2, 0) is 9.53 Å². The Bertz CT molecular complexity index is 426. The first kappa shape index (κ1) is 11.1. The maximum atomic E-state index is 12.2.